The highest BCUT2D eigenvalue weighted by atomic mass is 32.2. The van der Waals surface area contributed by atoms with Gasteiger partial charge in [-0.15, -0.1) is 0 Å². The molecule has 1 heterocycles. The number of aliphatic hydroxyl groups excluding tert-OH is 1. The first kappa shape index (κ1) is 31.7. The number of rotatable bonds is 13. The molecule has 3 aliphatic rings. The number of aliphatic carboxylic acids is 2. The van der Waals surface area contributed by atoms with Crippen molar-refractivity contribution in [2.24, 2.45) is 23.0 Å². The van der Waals surface area contributed by atoms with Crippen molar-refractivity contribution in [2.45, 2.75) is 75.7 Å². The fourth-order valence-corrected chi connectivity index (χ4v) is 7.15. The molecule has 0 aromatic carbocycles. The Kier molecular flexibility index (Phi) is 10.5. The van der Waals surface area contributed by atoms with Gasteiger partial charge in [0.2, 0.25) is 16.9 Å². The number of nitrogens with two attached hydrogens (primary N) is 1. The number of aliphatic hydroxyl groups is 1. The van der Waals surface area contributed by atoms with Gasteiger partial charge in [-0.1, -0.05) is 23.9 Å². The van der Waals surface area contributed by atoms with Crippen LogP contribution in [0.3, 0.4) is 0 Å². The SMILES string of the molecule is CC12OCC[C@H]1C(=O)CC2(C(=O)SCC(NC(=O)CCC(N)C(=O)O)C(=O)NCC(=O)O)C(O)C1C=CCCC1. The summed E-state index contributed by atoms with van der Waals surface area (Å²) in [5, 5.41) is 33.5. The molecule has 1 saturated heterocycles. The van der Waals surface area contributed by atoms with E-state index in [0.717, 1.165) is 12.8 Å². The van der Waals surface area contributed by atoms with Gasteiger partial charge in [0.25, 0.3) is 0 Å². The van der Waals surface area contributed by atoms with E-state index in [0.29, 0.717) is 24.6 Å². The molecular weight excluding hydrogens is 546 g/mol. The number of thioether (sulfide) groups is 1. The van der Waals surface area contributed by atoms with Crippen molar-refractivity contribution in [1.82, 2.24) is 10.6 Å². The van der Waals surface area contributed by atoms with Crippen LogP contribution in [0.25, 0.3) is 0 Å². The highest BCUT2D eigenvalue weighted by Gasteiger charge is 2.71. The number of carboxylic acids is 2. The molecule has 0 radical (unpaired) electrons. The predicted octanol–water partition coefficient (Wildman–Crippen LogP) is -0.404. The molecule has 40 heavy (non-hydrogen) atoms. The van der Waals surface area contributed by atoms with E-state index < -0.39 is 70.5 Å². The average Bonchev–Trinajstić information content (AvgIpc) is 3.42. The van der Waals surface area contributed by atoms with E-state index in [9.17, 15) is 33.9 Å². The molecular formula is C26H37N3O10S. The van der Waals surface area contributed by atoms with Crippen molar-refractivity contribution in [3.63, 3.8) is 0 Å². The summed E-state index contributed by atoms with van der Waals surface area (Å²) >= 11 is 0.659. The minimum Gasteiger partial charge on any atom is -0.480 e. The van der Waals surface area contributed by atoms with Gasteiger partial charge in [0.15, 0.2) is 0 Å². The van der Waals surface area contributed by atoms with Crippen molar-refractivity contribution < 1.29 is 48.8 Å². The largest absolute Gasteiger partial charge is 0.480 e. The van der Waals surface area contributed by atoms with Crippen LogP contribution >= 0.6 is 11.8 Å². The van der Waals surface area contributed by atoms with Gasteiger partial charge in [-0.3, -0.25) is 28.8 Å². The van der Waals surface area contributed by atoms with Crippen LogP contribution in [0, 0.1) is 17.3 Å². The first-order valence-corrected chi connectivity index (χ1v) is 14.3. The quantitative estimate of drug-likeness (QED) is 0.152. The second kappa shape index (κ2) is 13.2. The summed E-state index contributed by atoms with van der Waals surface area (Å²) < 4.78 is 6.03. The van der Waals surface area contributed by atoms with Gasteiger partial charge < -0.3 is 36.4 Å². The summed E-state index contributed by atoms with van der Waals surface area (Å²) in [5.41, 5.74) is 2.59. The molecule has 2 aliphatic carbocycles. The third-order valence-corrected chi connectivity index (χ3v) is 9.34. The molecule has 0 aromatic rings. The second-order valence-electron chi connectivity index (χ2n) is 10.7. The van der Waals surface area contributed by atoms with Gasteiger partial charge in [0, 0.05) is 37.0 Å². The lowest BCUT2D eigenvalue weighted by atomic mass is 9.65. The number of ketones is 1. The summed E-state index contributed by atoms with van der Waals surface area (Å²) in [5.74, 6) is -5.65. The van der Waals surface area contributed by atoms with Crippen LogP contribution in [0.4, 0.5) is 0 Å². The van der Waals surface area contributed by atoms with Crippen LogP contribution in [0.2, 0.25) is 0 Å². The third kappa shape index (κ3) is 6.56. The Morgan fingerprint density at radius 1 is 1.23 bits per heavy atom. The van der Waals surface area contributed by atoms with Crippen molar-refractivity contribution in [1.29, 1.82) is 0 Å². The summed E-state index contributed by atoms with van der Waals surface area (Å²) in [6.45, 7) is 1.20. The number of carbonyl (C=O) groups is 6. The molecule has 0 bridgehead atoms. The van der Waals surface area contributed by atoms with Crippen LogP contribution in [0.15, 0.2) is 12.2 Å². The van der Waals surface area contributed by atoms with E-state index in [1.165, 1.54) is 0 Å². The molecule has 1 aliphatic heterocycles. The second-order valence-corrected chi connectivity index (χ2v) is 11.7. The first-order chi connectivity index (χ1) is 18.8. The minimum absolute atomic E-state index is 0.174. The number of allylic oxidation sites excluding steroid dienone is 1. The zero-order valence-corrected chi connectivity index (χ0v) is 23.1. The molecule has 6 unspecified atom stereocenters. The third-order valence-electron chi connectivity index (χ3n) is 8.21. The maximum atomic E-state index is 14.0. The molecule has 7 N–H and O–H groups in total. The Morgan fingerprint density at radius 3 is 2.58 bits per heavy atom. The van der Waals surface area contributed by atoms with E-state index in [1.54, 1.807) is 6.92 Å². The van der Waals surface area contributed by atoms with Gasteiger partial charge in [0.1, 0.15) is 29.8 Å². The fraction of sp³-hybridized carbons (Fsp3) is 0.692. The molecule has 7 atom stereocenters. The van der Waals surface area contributed by atoms with Crippen LogP contribution in [0.5, 0.6) is 0 Å². The van der Waals surface area contributed by atoms with Gasteiger partial charge in [-0.2, -0.15) is 0 Å². The molecule has 3 rings (SSSR count). The zero-order chi connectivity index (χ0) is 29.7. The Labute approximate surface area is 235 Å². The number of carboxylic acid groups (broad SMARTS) is 2. The van der Waals surface area contributed by atoms with Crippen LogP contribution in [-0.4, -0.2) is 92.7 Å². The molecule has 1 saturated carbocycles. The summed E-state index contributed by atoms with van der Waals surface area (Å²) in [7, 11) is 0. The molecule has 14 heteroatoms. The number of carbonyl (C=O) groups excluding carboxylic acids is 4. The lowest BCUT2D eigenvalue weighted by molar-refractivity contribution is -0.162. The van der Waals surface area contributed by atoms with E-state index in [4.69, 9.17) is 20.7 Å². The molecule has 0 spiro atoms. The Morgan fingerprint density at radius 2 is 1.95 bits per heavy atom. The van der Waals surface area contributed by atoms with Gasteiger partial charge in [-0.05, 0) is 39.0 Å². The topological polar surface area (TPSA) is 222 Å². The van der Waals surface area contributed by atoms with E-state index in [-0.39, 0.29) is 43.3 Å². The summed E-state index contributed by atoms with van der Waals surface area (Å²) in [4.78, 5) is 74.3. The van der Waals surface area contributed by atoms with Gasteiger partial charge >= 0.3 is 11.9 Å². The van der Waals surface area contributed by atoms with E-state index in [1.807, 2.05) is 12.2 Å². The maximum Gasteiger partial charge on any atom is 0.322 e. The van der Waals surface area contributed by atoms with E-state index >= 15 is 0 Å². The van der Waals surface area contributed by atoms with Crippen molar-refractivity contribution in [3.05, 3.63) is 12.2 Å². The van der Waals surface area contributed by atoms with Gasteiger partial charge in [-0.25, -0.2) is 0 Å². The van der Waals surface area contributed by atoms with Crippen molar-refractivity contribution in [3.8, 4) is 0 Å². The minimum atomic E-state index is -1.59. The van der Waals surface area contributed by atoms with E-state index in [2.05, 4.69) is 10.6 Å². The number of ether oxygens (including phenoxy) is 1. The zero-order valence-electron chi connectivity index (χ0n) is 22.3. The molecule has 2 fully saturated rings. The summed E-state index contributed by atoms with van der Waals surface area (Å²) in [6.07, 6.45) is 4.52. The Balaban J connectivity index is 1.82. The first-order valence-electron chi connectivity index (χ1n) is 13.3. The number of hydrogen-bond acceptors (Lipinski definition) is 10. The normalized spacial score (nSPS) is 29.7. The maximum absolute atomic E-state index is 14.0. The molecule has 2 amide bonds. The number of nitrogens with one attached hydrogen (secondary N) is 2. The highest BCUT2D eigenvalue weighted by molar-refractivity contribution is 8.13. The van der Waals surface area contributed by atoms with Crippen molar-refractivity contribution >= 4 is 46.4 Å². The average molecular weight is 584 g/mol. The van der Waals surface area contributed by atoms with Gasteiger partial charge in [0.05, 0.1) is 11.7 Å². The fourth-order valence-electron chi connectivity index (χ4n) is 5.94. The highest BCUT2D eigenvalue weighted by Crippen LogP contribution is 2.59. The Hall–Kier alpha value is -2.81. The Bertz CT molecular complexity index is 1070. The predicted molar refractivity (Wildman–Crippen MR) is 142 cm³/mol. The number of fused-ring (bicyclic) bond motifs is 1. The molecule has 13 nitrogen and oxygen atoms in total. The van der Waals surface area contributed by atoms with Crippen molar-refractivity contribution in [2.75, 3.05) is 18.9 Å². The summed E-state index contributed by atoms with van der Waals surface area (Å²) in [6, 6.07) is -2.66. The molecule has 222 valence electrons. The van der Waals surface area contributed by atoms with Crippen LogP contribution in [0.1, 0.15) is 51.9 Å². The number of Topliss-reactive ketones (excluding diaryl/α,β-unsaturated/α-hetero) is 1. The molecule has 0 aromatic heterocycles. The lowest BCUT2D eigenvalue weighted by Gasteiger charge is -2.46. The smallest absolute Gasteiger partial charge is 0.322 e. The monoisotopic (exact) mass is 583 g/mol. The van der Waals surface area contributed by atoms with Crippen LogP contribution < -0.4 is 16.4 Å². The lowest BCUT2D eigenvalue weighted by Crippen LogP contribution is -2.58. The number of hydrogen-bond donors (Lipinski definition) is 6. The standard InChI is InChI=1S/C26H37N3O10S/c1-25-15(9-10-39-25)18(30)11-26(25,21(34)14-5-3-2-4-6-14)24(38)40-13-17(22(35)28-12-20(32)33)29-19(31)8-7-16(27)23(36)37/h3,5,14-17,21,34H,2,4,6-13,27H2,1H3,(H,28,35)(H,29,31)(H,32,33)(H,36,37)/t14?,15-,16?,17?,21?,25?,26?/m0/s1. The number of amides is 2. The van der Waals surface area contributed by atoms with Crippen LogP contribution in [-0.2, 0) is 33.5 Å².